The summed E-state index contributed by atoms with van der Waals surface area (Å²) in [5.41, 5.74) is 0.620. The molecule has 2 N–H and O–H groups in total. The van der Waals surface area contributed by atoms with Crippen LogP contribution in [0.25, 0.3) is 0 Å². The maximum absolute atomic E-state index is 11.7. The number of benzene rings is 1. The number of likely N-dealkylation sites (N-methyl/N-ethyl adjacent to an activating group) is 1. The second-order valence-corrected chi connectivity index (χ2v) is 5.91. The highest BCUT2D eigenvalue weighted by molar-refractivity contribution is 7.87. The van der Waals surface area contributed by atoms with Crippen molar-refractivity contribution in [3.8, 4) is 0 Å². The van der Waals surface area contributed by atoms with E-state index in [4.69, 9.17) is 5.11 Å². The van der Waals surface area contributed by atoms with Crippen molar-refractivity contribution in [1.82, 2.24) is 9.03 Å². The average Bonchev–Trinajstić information content (AvgIpc) is 2.44. The standard InChI is InChI=1S/C12H16N2O6S/c1-14(21(18,19)13-12(17)20-2)8-7-9-5-3-4-6-10(9)11(15)16/h3-6H,7-8H2,1-2H3,(H,13,17)(H,15,16). The Balaban J connectivity index is 2.75. The van der Waals surface area contributed by atoms with E-state index in [1.807, 2.05) is 0 Å². The van der Waals surface area contributed by atoms with E-state index in [1.54, 1.807) is 22.9 Å². The first-order chi connectivity index (χ1) is 9.77. The summed E-state index contributed by atoms with van der Waals surface area (Å²) in [6, 6.07) is 6.31. The summed E-state index contributed by atoms with van der Waals surface area (Å²) in [5, 5.41) is 9.04. The zero-order valence-corrected chi connectivity index (χ0v) is 12.4. The SMILES string of the molecule is COC(=O)NS(=O)(=O)N(C)CCc1ccccc1C(=O)O. The first-order valence-electron chi connectivity index (χ1n) is 5.91. The summed E-state index contributed by atoms with van der Waals surface area (Å²) in [7, 11) is -1.69. The number of hydrogen-bond donors (Lipinski definition) is 2. The maximum atomic E-state index is 11.7. The molecule has 0 fully saturated rings. The fourth-order valence-electron chi connectivity index (χ4n) is 1.57. The van der Waals surface area contributed by atoms with Gasteiger partial charge < -0.3 is 9.84 Å². The number of methoxy groups -OCH3 is 1. The molecule has 1 aromatic carbocycles. The Kier molecular flexibility index (Phi) is 5.68. The van der Waals surface area contributed by atoms with Crippen molar-refractivity contribution in [3.63, 3.8) is 0 Å². The number of aromatic carboxylic acids is 1. The number of ether oxygens (including phenoxy) is 1. The van der Waals surface area contributed by atoms with Crippen LogP contribution >= 0.6 is 0 Å². The van der Waals surface area contributed by atoms with Gasteiger partial charge >= 0.3 is 22.3 Å². The number of carbonyl (C=O) groups excluding carboxylic acids is 1. The number of carbonyl (C=O) groups is 2. The quantitative estimate of drug-likeness (QED) is 0.788. The first kappa shape index (κ1) is 16.9. The number of carboxylic acids is 1. The van der Waals surface area contributed by atoms with Crippen LogP contribution in [0.2, 0.25) is 0 Å². The molecule has 0 saturated heterocycles. The van der Waals surface area contributed by atoms with E-state index in [2.05, 4.69) is 4.74 Å². The van der Waals surface area contributed by atoms with Crippen LogP contribution in [0.5, 0.6) is 0 Å². The van der Waals surface area contributed by atoms with Gasteiger partial charge in [0.05, 0.1) is 12.7 Å². The molecule has 8 nitrogen and oxygen atoms in total. The van der Waals surface area contributed by atoms with Gasteiger partial charge in [0.1, 0.15) is 0 Å². The maximum Gasteiger partial charge on any atom is 0.421 e. The summed E-state index contributed by atoms with van der Waals surface area (Å²) in [6.07, 6.45) is -0.895. The number of nitrogens with one attached hydrogen (secondary N) is 1. The van der Waals surface area contributed by atoms with E-state index < -0.39 is 22.3 Å². The molecule has 0 aliphatic rings. The van der Waals surface area contributed by atoms with Gasteiger partial charge in [0.25, 0.3) is 0 Å². The van der Waals surface area contributed by atoms with Gasteiger partial charge in [0.15, 0.2) is 0 Å². The monoisotopic (exact) mass is 316 g/mol. The van der Waals surface area contributed by atoms with Crippen molar-refractivity contribution in [1.29, 1.82) is 0 Å². The highest BCUT2D eigenvalue weighted by Gasteiger charge is 2.21. The van der Waals surface area contributed by atoms with E-state index >= 15 is 0 Å². The van der Waals surface area contributed by atoms with Crippen molar-refractivity contribution in [2.45, 2.75) is 6.42 Å². The lowest BCUT2D eigenvalue weighted by atomic mass is 10.1. The number of hydrogen-bond acceptors (Lipinski definition) is 5. The molecule has 0 aromatic heterocycles. The third-order valence-electron chi connectivity index (χ3n) is 2.75. The average molecular weight is 316 g/mol. The summed E-state index contributed by atoms with van der Waals surface area (Å²) in [4.78, 5) is 22.0. The Labute approximate surface area is 122 Å². The molecule has 0 unspecified atom stereocenters. The largest absolute Gasteiger partial charge is 0.478 e. The molecule has 0 spiro atoms. The van der Waals surface area contributed by atoms with Crippen molar-refractivity contribution in [2.24, 2.45) is 0 Å². The fourth-order valence-corrected chi connectivity index (χ4v) is 2.35. The third kappa shape index (κ3) is 4.72. The smallest absolute Gasteiger partial charge is 0.421 e. The van der Waals surface area contributed by atoms with E-state index in [1.165, 1.54) is 13.1 Å². The van der Waals surface area contributed by atoms with Gasteiger partial charge in [-0.05, 0) is 18.1 Å². The first-order valence-corrected chi connectivity index (χ1v) is 7.35. The van der Waals surface area contributed by atoms with E-state index in [0.717, 1.165) is 11.4 Å². The minimum Gasteiger partial charge on any atom is -0.478 e. The van der Waals surface area contributed by atoms with Crippen LogP contribution in [-0.2, 0) is 21.4 Å². The van der Waals surface area contributed by atoms with Gasteiger partial charge in [0.2, 0.25) is 0 Å². The summed E-state index contributed by atoms with van der Waals surface area (Å²) in [6.45, 7) is 0.0105. The molecular weight excluding hydrogens is 300 g/mol. The highest BCUT2D eigenvalue weighted by Crippen LogP contribution is 2.10. The fraction of sp³-hybridized carbons (Fsp3) is 0.333. The van der Waals surface area contributed by atoms with Crippen LogP contribution in [0, 0.1) is 0 Å². The van der Waals surface area contributed by atoms with Gasteiger partial charge in [-0.1, -0.05) is 18.2 Å². The van der Waals surface area contributed by atoms with Crippen molar-refractivity contribution in [2.75, 3.05) is 20.7 Å². The topological polar surface area (TPSA) is 113 Å². The van der Waals surface area contributed by atoms with E-state index in [-0.39, 0.29) is 18.5 Å². The molecule has 0 aliphatic heterocycles. The molecule has 0 radical (unpaired) electrons. The lowest BCUT2D eigenvalue weighted by molar-refractivity contribution is 0.0695. The predicted octanol–water partition coefficient (Wildman–Crippen LogP) is 0.460. The molecule has 0 atom stereocenters. The molecular formula is C12H16N2O6S. The van der Waals surface area contributed by atoms with Crippen LogP contribution in [-0.4, -0.2) is 50.6 Å². The van der Waals surface area contributed by atoms with Crippen LogP contribution < -0.4 is 4.72 Å². The number of carboxylic acid groups (broad SMARTS) is 1. The van der Waals surface area contributed by atoms with Crippen LogP contribution in [0.4, 0.5) is 4.79 Å². The zero-order chi connectivity index (χ0) is 16.0. The summed E-state index contributed by atoms with van der Waals surface area (Å²) >= 11 is 0. The Morgan fingerprint density at radius 2 is 1.95 bits per heavy atom. The van der Waals surface area contributed by atoms with Gasteiger partial charge in [-0.25, -0.2) is 14.3 Å². The Bertz CT molecular complexity index is 628. The van der Waals surface area contributed by atoms with E-state index in [0.29, 0.717) is 5.56 Å². The van der Waals surface area contributed by atoms with Crippen molar-refractivity contribution < 1.29 is 27.9 Å². The van der Waals surface area contributed by atoms with Gasteiger partial charge in [-0.2, -0.15) is 12.7 Å². The van der Waals surface area contributed by atoms with Crippen LogP contribution in [0.15, 0.2) is 24.3 Å². The molecule has 0 aliphatic carbocycles. The van der Waals surface area contributed by atoms with Crippen molar-refractivity contribution >= 4 is 22.3 Å². The molecule has 21 heavy (non-hydrogen) atoms. The highest BCUT2D eigenvalue weighted by atomic mass is 32.2. The molecule has 116 valence electrons. The minimum atomic E-state index is -4.01. The Morgan fingerprint density at radius 1 is 1.33 bits per heavy atom. The van der Waals surface area contributed by atoms with Crippen molar-refractivity contribution in [3.05, 3.63) is 35.4 Å². The van der Waals surface area contributed by atoms with Gasteiger partial charge in [-0.3, -0.25) is 0 Å². The molecule has 9 heteroatoms. The van der Waals surface area contributed by atoms with Crippen LogP contribution in [0.1, 0.15) is 15.9 Å². The molecule has 0 saturated carbocycles. The molecule has 0 heterocycles. The lowest BCUT2D eigenvalue weighted by Crippen LogP contribution is -2.42. The molecule has 1 amide bonds. The minimum absolute atomic E-state index is 0.0105. The third-order valence-corrected chi connectivity index (χ3v) is 4.18. The normalized spacial score (nSPS) is 11.2. The second kappa shape index (κ2) is 7.04. The number of rotatable bonds is 6. The lowest BCUT2D eigenvalue weighted by Gasteiger charge is -2.17. The Hall–Kier alpha value is -2.13. The van der Waals surface area contributed by atoms with Gasteiger partial charge in [0, 0.05) is 13.6 Å². The Morgan fingerprint density at radius 3 is 2.52 bits per heavy atom. The van der Waals surface area contributed by atoms with Gasteiger partial charge in [-0.15, -0.1) is 0 Å². The molecule has 0 bridgehead atoms. The zero-order valence-electron chi connectivity index (χ0n) is 11.6. The number of nitrogens with zero attached hydrogens (tertiary/aromatic N) is 1. The molecule has 1 aromatic rings. The predicted molar refractivity (Wildman–Crippen MR) is 74.2 cm³/mol. The summed E-state index contributed by atoms with van der Waals surface area (Å²) in [5.74, 6) is -1.08. The van der Waals surface area contributed by atoms with Crippen LogP contribution in [0.3, 0.4) is 0 Å². The van der Waals surface area contributed by atoms with E-state index in [9.17, 15) is 18.0 Å². The number of amides is 1. The molecule has 1 rings (SSSR count). The second-order valence-electron chi connectivity index (χ2n) is 4.13. The summed E-state index contributed by atoms with van der Waals surface area (Å²) < 4.78 is 30.3.